The lowest BCUT2D eigenvalue weighted by molar-refractivity contribution is 0.419. The molecule has 17 heavy (non-hydrogen) atoms. The highest BCUT2D eigenvalue weighted by atomic mass is 79.9. The van der Waals surface area contributed by atoms with Crippen LogP contribution in [0.15, 0.2) is 36.4 Å². The van der Waals surface area contributed by atoms with Crippen molar-refractivity contribution in [2.75, 3.05) is 12.4 Å². The van der Waals surface area contributed by atoms with E-state index in [2.05, 4.69) is 52.3 Å². The van der Waals surface area contributed by atoms with Crippen LogP contribution in [0, 0.1) is 5.92 Å². The number of fused-ring (bicyclic) bond motifs is 1. The summed E-state index contributed by atoms with van der Waals surface area (Å²) in [6, 6.07) is 12.9. The minimum Gasteiger partial charge on any atom is -0.496 e. The van der Waals surface area contributed by atoms with Gasteiger partial charge in [0.05, 0.1) is 7.11 Å². The fraction of sp³-hybridized carbons (Fsp3) is 0.333. The largest absolute Gasteiger partial charge is 0.496 e. The Morgan fingerprint density at radius 2 is 1.94 bits per heavy atom. The Bertz CT molecular complexity index is 550. The van der Waals surface area contributed by atoms with Gasteiger partial charge in [-0.2, -0.15) is 0 Å². The van der Waals surface area contributed by atoms with Crippen molar-refractivity contribution in [3.05, 3.63) is 42.0 Å². The van der Waals surface area contributed by atoms with Gasteiger partial charge in [0.2, 0.25) is 0 Å². The number of halogens is 1. The summed E-state index contributed by atoms with van der Waals surface area (Å²) in [6.07, 6.45) is 1.31. The number of methoxy groups -OCH3 is 1. The molecule has 1 aliphatic carbocycles. The van der Waals surface area contributed by atoms with Crippen LogP contribution in [0.1, 0.15) is 17.9 Å². The van der Waals surface area contributed by atoms with Crippen molar-refractivity contribution in [3.63, 3.8) is 0 Å². The van der Waals surface area contributed by atoms with Gasteiger partial charge in [0.15, 0.2) is 0 Å². The molecule has 0 saturated heterocycles. The van der Waals surface area contributed by atoms with Crippen molar-refractivity contribution < 1.29 is 4.74 Å². The molecule has 0 amide bonds. The smallest absolute Gasteiger partial charge is 0.126 e. The van der Waals surface area contributed by atoms with E-state index in [1.807, 2.05) is 0 Å². The number of hydrogen-bond donors (Lipinski definition) is 0. The Morgan fingerprint density at radius 1 is 1.18 bits per heavy atom. The van der Waals surface area contributed by atoms with Crippen LogP contribution in [-0.4, -0.2) is 12.4 Å². The van der Waals surface area contributed by atoms with Crippen molar-refractivity contribution in [2.24, 2.45) is 5.92 Å². The third kappa shape index (κ3) is 1.85. The molecule has 1 fully saturated rings. The Morgan fingerprint density at radius 3 is 2.59 bits per heavy atom. The zero-order valence-corrected chi connectivity index (χ0v) is 11.4. The molecular weight excluding hydrogens is 276 g/mol. The molecular formula is C15H15BrO. The molecule has 2 unspecified atom stereocenters. The van der Waals surface area contributed by atoms with Crippen molar-refractivity contribution in [3.8, 4) is 5.75 Å². The molecule has 1 saturated carbocycles. The molecule has 2 aromatic carbocycles. The van der Waals surface area contributed by atoms with Crippen molar-refractivity contribution >= 4 is 26.7 Å². The highest BCUT2D eigenvalue weighted by molar-refractivity contribution is 9.09. The van der Waals surface area contributed by atoms with Crippen LogP contribution in [0.5, 0.6) is 5.75 Å². The predicted molar refractivity (Wildman–Crippen MR) is 75.1 cm³/mol. The number of alkyl halides is 1. The summed E-state index contributed by atoms with van der Waals surface area (Å²) in [5.41, 5.74) is 1.48. The zero-order valence-electron chi connectivity index (χ0n) is 9.82. The zero-order chi connectivity index (χ0) is 11.8. The van der Waals surface area contributed by atoms with Gasteiger partial charge < -0.3 is 4.74 Å². The number of hydrogen-bond acceptors (Lipinski definition) is 1. The maximum Gasteiger partial charge on any atom is 0.126 e. The van der Waals surface area contributed by atoms with Crippen molar-refractivity contribution in [2.45, 2.75) is 12.3 Å². The second kappa shape index (κ2) is 4.34. The average molecular weight is 291 g/mol. The fourth-order valence-electron chi connectivity index (χ4n) is 2.60. The van der Waals surface area contributed by atoms with Crippen LogP contribution in [0.3, 0.4) is 0 Å². The van der Waals surface area contributed by atoms with Crippen LogP contribution in [0.25, 0.3) is 10.8 Å². The Hall–Kier alpha value is -1.02. The number of ether oxygens (including phenoxy) is 1. The lowest BCUT2D eigenvalue weighted by atomic mass is 9.99. The predicted octanol–water partition coefficient (Wildman–Crippen LogP) is 4.35. The van der Waals surface area contributed by atoms with Gasteiger partial charge in [-0.3, -0.25) is 0 Å². The van der Waals surface area contributed by atoms with E-state index >= 15 is 0 Å². The molecule has 1 nitrogen and oxygen atoms in total. The van der Waals surface area contributed by atoms with Gasteiger partial charge in [0, 0.05) is 10.7 Å². The molecule has 2 atom stereocenters. The Balaban J connectivity index is 2.14. The molecule has 0 spiro atoms. The summed E-state index contributed by atoms with van der Waals surface area (Å²) in [5, 5.41) is 3.69. The maximum atomic E-state index is 5.43. The molecule has 0 aliphatic heterocycles. The molecule has 0 heterocycles. The topological polar surface area (TPSA) is 9.23 Å². The molecule has 0 N–H and O–H groups in total. The maximum absolute atomic E-state index is 5.43. The summed E-state index contributed by atoms with van der Waals surface area (Å²) < 4.78 is 5.43. The van der Waals surface area contributed by atoms with E-state index in [1.54, 1.807) is 7.11 Å². The molecule has 0 radical (unpaired) electrons. The van der Waals surface area contributed by atoms with E-state index in [1.165, 1.54) is 22.8 Å². The fourth-order valence-corrected chi connectivity index (χ4v) is 3.31. The standard InChI is InChI=1S/C15H15BrO/c1-17-15-7-6-12(14-8-10(14)9-16)11-4-2-3-5-13(11)15/h2-7,10,14H,8-9H2,1H3. The Kier molecular flexibility index (Phi) is 2.83. The summed E-state index contributed by atoms with van der Waals surface area (Å²) in [7, 11) is 1.74. The van der Waals surface area contributed by atoms with Crippen molar-refractivity contribution in [1.29, 1.82) is 0 Å². The minimum absolute atomic E-state index is 0.727. The first-order chi connectivity index (χ1) is 8.35. The summed E-state index contributed by atoms with van der Waals surface area (Å²) in [6.45, 7) is 0. The third-order valence-electron chi connectivity index (χ3n) is 3.66. The normalized spacial score (nSPS) is 22.7. The van der Waals surface area contributed by atoms with Crippen LogP contribution >= 0.6 is 15.9 Å². The molecule has 1 aliphatic rings. The van der Waals surface area contributed by atoms with E-state index in [9.17, 15) is 0 Å². The van der Waals surface area contributed by atoms with Gasteiger partial charge in [-0.1, -0.05) is 46.3 Å². The highest BCUT2D eigenvalue weighted by Crippen LogP contribution is 2.50. The molecule has 3 rings (SSSR count). The molecule has 2 heteroatoms. The first-order valence-corrected chi connectivity index (χ1v) is 7.09. The third-order valence-corrected chi connectivity index (χ3v) is 4.49. The first kappa shape index (κ1) is 11.1. The molecule has 88 valence electrons. The second-order valence-electron chi connectivity index (χ2n) is 4.66. The van der Waals surface area contributed by atoms with E-state index in [-0.39, 0.29) is 0 Å². The highest BCUT2D eigenvalue weighted by Gasteiger charge is 2.38. The average Bonchev–Trinajstić information content (AvgIpc) is 3.16. The van der Waals surface area contributed by atoms with Gasteiger partial charge in [-0.15, -0.1) is 0 Å². The minimum atomic E-state index is 0.727. The van der Waals surface area contributed by atoms with Crippen LogP contribution in [0.2, 0.25) is 0 Å². The lowest BCUT2D eigenvalue weighted by Crippen LogP contribution is -1.90. The van der Waals surface area contributed by atoms with Gasteiger partial charge in [0.1, 0.15) is 5.75 Å². The SMILES string of the molecule is COc1ccc(C2CC2CBr)c2ccccc12. The quantitative estimate of drug-likeness (QED) is 0.764. The van der Waals surface area contributed by atoms with Crippen LogP contribution in [-0.2, 0) is 0 Å². The molecule has 0 bridgehead atoms. The van der Waals surface area contributed by atoms with Crippen LogP contribution < -0.4 is 4.74 Å². The number of rotatable bonds is 3. The van der Waals surface area contributed by atoms with Gasteiger partial charge >= 0.3 is 0 Å². The summed E-state index contributed by atoms with van der Waals surface area (Å²) in [4.78, 5) is 0. The van der Waals surface area contributed by atoms with Gasteiger partial charge in [0.25, 0.3) is 0 Å². The number of benzene rings is 2. The summed E-state index contributed by atoms with van der Waals surface area (Å²) >= 11 is 3.58. The molecule has 2 aromatic rings. The Labute approximate surface area is 110 Å². The molecule has 0 aromatic heterocycles. The first-order valence-electron chi connectivity index (χ1n) is 5.96. The summed E-state index contributed by atoms with van der Waals surface area (Å²) in [5.74, 6) is 2.51. The van der Waals surface area contributed by atoms with E-state index < -0.39 is 0 Å². The van der Waals surface area contributed by atoms with Crippen LogP contribution in [0.4, 0.5) is 0 Å². The monoisotopic (exact) mass is 290 g/mol. The van der Waals surface area contributed by atoms with E-state index in [4.69, 9.17) is 4.74 Å². The second-order valence-corrected chi connectivity index (χ2v) is 5.31. The van der Waals surface area contributed by atoms with Gasteiger partial charge in [-0.25, -0.2) is 0 Å². The van der Waals surface area contributed by atoms with Crippen molar-refractivity contribution in [1.82, 2.24) is 0 Å². The van der Waals surface area contributed by atoms with E-state index in [0.717, 1.165) is 22.9 Å². The lowest BCUT2D eigenvalue weighted by Gasteiger charge is -2.10. The van der Waals surface area contributed by atoms with E-state index in [0.29, 0.717) is 0 Å². The van der Waals surface area contributed by atoms with Gasteiger partial charge in [-0.05, 0) is 35.3 Å².